The molecule has 0 aromatic carbocycles. The summed E-state index contributed by atoms with van der Waals surface area (Å²) in [6.45, 7) is 3.23. The summed E-state index contributed by atoms with van der Waals surface area (Å²) in [6, 6.07) is 5.66. The number of anilines is 3. The number of carbonyl (C=O) groups excluding carboxylic acids is 1. The molecule has 3 aromatic heterocycles. The molecule has 0 spiro atoms. The molecule has 4 heterocycles. The van der Waals surface area contributed by atoms with Gasteiger partial charge in [-0.25, -0.2) is 4.98 Å². The Bertz CT molecular complexity index is 1030. The van der Waals surface area contributed by atoms with Crippen LogP contribution in [-0.4, -0.2) is 44.1 Å². The van der Waals surface area contributed by atoms with Gasteiger partial charge in [-0.2, -0.15) is 15.1 Å². The third-order valence-corrected chi connectivity index (χ3v) is 5.33. The number of H-pyrrole nitrogens is 1. The number of fused-ring (bicyclic) bond motifs is 2. The molecule has 5 rings (SSSR count). The molecule has 9 heteroatoms. The van der Waals surface area contributed by atoms with Crippen LogP contribution in [0.3, 0.4) is 0 Å². The average Bonchev–Trinajstić information content (AvgIpc) is 2.97. The van der Waals surface area contributed by atoms with Crippen LogP contribution in [-0.2, 0) is 4.79 Å². The van der Waals surface area contributed by atoms with Gasteiger partial charge >= 0.3 is 0 Å². The van der Waals surface area contributed by atoms with Crippen molar-refractivity contribution in [2.24, 2.45) is 17.1 Å². The van der Waals surface area contributed by atoms with E-state index in [1.165, 1.54) is 0 Å². The number of nitrogens with zero attached hydrogens (tertiary/aromatic N) is 5. The molecule has 1 aliphatic heterocycles. The fraction of sp³-hybridized carbons (Fsp3) is 0.353. The molecular weight excluding hydrogens is 332 g/mol. The molecule has 4 N–H and O–H groups in total. The van der Waals surface area contributed by atoms with Crippen molar-refractivity contribution in [3.8, 4) is 0 Å². The first-order valence-electron chi connectivity index (χ1n) is 8.52. The van der Waals surface area contributed by atoms with Gasteiger partial charge in [0.2, 0.25) is 11.9 Å². The Morgan fingerprint density at radius 1 is 1.46 bits per heavy atom. The summed E-state index contributed by atoms with van der Waals surface area (Å²) in [5, 5.41) is 11.2. The topological polar surface area (TPSA) is 126 Å². The molecule has 1 aliphatic carbocycles. The normalized spacial score (nSPS) is 23.9. The zero-order valence-corrected chi connectivity index (χ0v) is 14.2. The minimum absolute atomic E-state index is 0.228. The van der Waals surface area contributed by atoms with Crippen molar-refractivity contribution in [2.45, 2.75) is 13.3 Å². The maximum absolute atomic E-state index is 11.8. The predicted octanol–water partition coefficient (Wildman–Crippen LogP) is 1.11. The second-order valence-electron chi connectivity index (χ2n) is 7.11. The highest BCUT2D eigenvalue weighted by Crippen LogP contribution is 2.57. The van der Waals surface area contributed by atoms with E-state index in [9.17, 15) is 4.79 Å². The number of pyridine rings is 1. The lowest BCUT2D eigenvalue weighted by Gasteiger charge is -2.20. The lowest BCUT2D eigenvalue weighted by Crippen LogP contribution is -2.33. The molecule has 2 atom stereocenters. The van der Waals surface area contributed by atoms with Gasteiger partial charge in [-0.05, 0) is 31.4 Å². The van der Waals surface area contributed by atoms with Gasteiger partial charge in [0.15, 0.2) is 11.5 Å². The molecule has 26 heavy (non-hydrogen) atoms. The number of aromatic amines is 1. The smallest absolute Gasteiger partial charge is 0.229 e. The van der Waals surface area contributed by atoms with Crippen LogP contribution < -0.4 is 16.0 Å². The van der Waals surface area contributed by atoms with Crippen LogP contribution in [0.2, 0.25) is 0 Å². The summed E-state index contributed by atoms with van der Waals surface area (Å²) in [5.41, 5.74) is 6.74. The van der Waals surface area contributed by atoms with Crippen LogP contribution in [0.5, 0.6) is 0 Å². The first-order chi connectivity index (χ1) is 12.5. The molecule has 1 saturated carbocycles. The van der Waals surface area contributed by atoms with Crippen molar-refractivity contribution in [3.63, 3.8) is 0 Å². The number of aromatic nitrogens is 5. The van der Waals surface area contributed by atoms with Crippen LogP contribution >= 0.6 is 0 Å². The fourth-order valence-electron chi connectivity index (χ4n) is 3.81. The van der Waals surface area contributed by atoms with Crippen molar-refractivity contribution in [2.75, 3.05) is 23.3 Å². The van der Waals surface area contributed by atoms with Crippen molar-refractivity contribution in [3.05, 3.63) is 30.1 Å². The highest BCUT2D eigenvalue weighted by atomic mass is 16.1. The summed E-state index contributed by atoms with van der Waals surface area (Å²) >= 11 is 0. The van der Waals surface area contributed by atoms with Gasteiger partial charge in [0, 0.05) is 31.0 Å². The van der Waals surface area contributed by atoms with Gasteiger partial charge < -0.3 is 16.0 Å². The Balaban J connectivity index is 1.54. The molecule has 0 unspecified atom stereocenters. The third kappa shape index (κ3) is 2.20. The van der Waals surface area contributed by atoms with E-state index in [2.05, 4.69) is 25.5 Å². The second kappa shape index (κ2) is 5.13. The number of primary amides is 1. The number of piperidine rings is 1. The van der Waals surface area contributed by atoms with Crippen molar-refractivity contribution in [1.82, 2.24) is 25.1 Å². The van der Waals surface area contributed by atoms with E-state index in [1.54, 1.807) is 6.20 Å². The summed E-state index contributed by atoms with van der Waals surface area (Å²) < 4.78 is 0. The molecule has 9 nitrogen and oxygen atoms in total. The number of hydrogen-bond donors (Lipinski definition) is 3. The highest BCUT2D eigenvalue weighted by molar-refractivity contribution is 5.90. The Morgan fingerprint density at radius 2 is 2.35 bits per heavy atom. The molecule has 0 radical (unpaired) electrons. The first kappa shape index (κ1) is 15.1. The van der Waals surface area contributed by atoms with E-state index in [4.69, 9.17) is 10.7 Å². The average molecular weight is 350 g/mol. The number of aryl methyl sites for hydroxylation is 1. The number of nitrogens with one attached hydrogen (secondary N) is 2. The molecule has 2 aliphatic rings. The van der Waals surface area contributed by atoms with E-state index in [-0.39, 0.29) is 5.91 Å². The summed E-state index contributed by atoms with van der Waals surface area (Å²) in [5.74, 6) is 1.94. The molecule has 2 fully saturated rings. The van der Waals surface area contributed by atoms with E-state index < -0.39 is 5.41 Å². The zero-order valence-electron chi connectivity index (χ0n) is 14.2. The third-order valence-electron chi connectivity index (χ3n) is 5.33. The van der Waals surface area contributed by atoms with Crippen LogP contribution in [0.25, 0.3) is 11.0 Å². The van der Waals surface area contributed by atoms with E-state index in [0.717, 1.165) is 24.0 Å². The summed E-state index contributed by atoms with van der Waals surface area (Å²) in [6.07, 6.45) is 2.57. The van der Waals surface area contributed by atoms with Crippen LogP contribution in [0.4, 0.5) is 17.6 Å². The maximum atomic E-state index is 11.8. The van der Waals surface area contributed by atoms with Crippen molar-refractivity contribution in [1.29, 1.82) is 0 Å². The predicted molar refractivity (Wildman–Crippen MR) is 95.9 cm³/mol. The van der Waals surface area contributed by atoms with Crippen molar-refractivity contribution < 1.29 is 4.79 Å². The summed E-state index contributed by atoms with van der Waals surface area (Å²) in [7, 11) is 0. The van der Waals surface area contributed by atoms with E-state index in [1.807, 2.05) is 30.0 Å². The molecule has 0 bridgehead atoms. The molecular formula is C17H18N8O. The summed E-state index contributed by atoms with van der Waals surface area (Å²) in [4.78, 5) is 27.5. The standard InChI is InChI=1S/C17H18N8O/c1-9-5-12(24-23-9)20-14-11-3-2-4-19-13(11)21-16(22-14)25-7-10-6-17(10,8-25)15(18)26/h2-5,10H,6-8H2,1H3,(H2,18,26)(H2,19,20,21,22,23,24)/t10-,17+/m0/s1. The Morgan fingerprint density at radius 3 is 3.08 bits per heavy atom. The van der Waals surface area contributed by atoms with Gasteiger partial charge in [0.05, 0.1) is 10.8 Å². The van der Waals surface area contributed by atoms with Crippen LogP contribution in [0, 0.1) is 18.3 Å². The number of carbonyl (C=O) groups is 1. The number of amides is 1. The molecule has 3 aromatic rings. The zero-order chi connectivity index (χ0) is 17.9. The lowest BCUT2D eigenvalue weighted by atomic mass is 10.1. The maximum Gasteiger partial charge on any atom is 0.229 e. The van der Waals surface area contributed by atoms with Gasteiger partial charge in [-0.1, -0.05) is 0 Å². The second-order valence-corrected chi connectivity index (χ2v) is 7.11. The Labute approximate surface area is 149 Å². The minimum Gasteiger partial charge on any atom is -0.369 e. The van der Waals surface area contributed by atoms with Crippen molar-refractivity contribution >= 4 is 34.5 Å². The largest absolute Gasteiger partial charge is 0.369 e. The lowest BCUT2D eigenvalue weighted by molar-refractivity contribution is -0.122. The quantitative estimate of drug-likeness (QED) is 0.643. The van der Waals surface area contributed by atoms with Gasteiger partial charge in [0.25, 0.3) is 0 Å². The van der Waals surface area contributed by atoms with Gasteiger partial charge in [-0.15, -0.1) is 0 Å². The fourth-order valence-corrected chi connectivity index (χ4v) is 3.81. The molecule has 1 amide bonds. The monoisotopic (exact) mass is 350 g/mol. The molecule has 132 valence electrons. The van der Waals surface area contributed by atoms with Crippen LogP contribution in [0.1, 0.15) is 12.1 Å². The Hall–Kier alpha value is -3.23. The highest BCUT2D eigenvalue weighted by Gasteiger charge is 2.64. The number of rotatable bonds is 4. The van der Waals surface area contributed by atoms with Crippen LogP contribution in [0.15, 0.2) is 24.4 Å². The van der Waals surface area contributed by atoms with Gasteiger partial charge in [-0.3, -0.25) is 9.89 Å². The first-order valence-corrected chi connectivity index (χ1v) is 8.52. The minimum atomic E-state index is -0.407. The molecule has 1 saturated heterocycles. The van der Waals surface area contributed by atoms with E-state index >= 15 is 0 Å². The number of nitrogens with two attached hydrogens (primary N) is 1. The SMILES string of the molecule is Cc1cc(Nc2nc(N3C[C@@H]4C[C@@]4(C(N)=O)C3)nc3ncccc23)n[nH]1. The Kier molecular flexibility index (Phi) is 2.97. The van der Waals surface area contributed by atoms with E-state index in [0.29, 0.717) is 35.7 Å². The number of hydrogen-bond acceptors (Lipinski definition) is 7. The van der Waals surface area contributed by atoms with Gasteiger partial charge in [0.1, 0.15) is 5.82 Å².